The third-order valence-electron chi connectivity index (χ3n) is 4.65. The minimum absolute atomic E-state index is 0.712. The molecular weight excluding hydrogens is 308 g/mol. The second-order valence-electron chi connectivity index (χ2n) is 6.62. The number of allylic oxidation sites excluding steroid dienone is 4. The first-order valence-corrected chi connectivity index (χ1v) is 8.61. The summed E-state index contributed by atoms with van der Waals surface area (Å²) >= 11 is 0. The van der Waals surface area contributed by atoms with Crippen molar-refractivity contribution in [3.63, 3.8) is 0 Å². The average Bonchev–Trinajstić information content (AvgIpc) is 2.74. The SMILES string of the molecule is C=N/N=C(/C)N1CCN=C(c2ccc(C)cc2)C(C(C)=C(C)C)=C1C. The van der Waals surface area contributed by atoms with Crippen molar-refractivity contribution in [3.05, 3.63) is 57.8 Å². The standard InChI is InChI=1S/C21H28N4/c1-14(2)16(4)20-17(5)25(18(6)24-22-7)13-12-23-21(20)19-10-8-15(3)9-11-19/h8-11H,7,12-13H2,1-6H3/b24-18-. The summed E-state index contributed by atoms with van der Waals surface area (Å²) in [5.41, 5.74) is 8.33. The summed E-state index contributed by atoms with van der Waals surface area (Å²) in [4.78, 5) is 7.11. The molecule has 1 aliphatic heterocycles. The van der Waals surface area contributed by atoms with Gasteiger partial charge in [-0.1, -0.05) is 35.4 Å². The van der Waals surface area contributed by atoms with Gasteiger partial charge in [-0.3, -0.25) is 4.99 Å². The molecule has 1 heterocycles. The van der Waals surface area contributed by atoms with E-state index in [0.717, 1.165) is 29.4 Å². The second kappa shape index (κ2) is 8.06. The highest BCUT2D eigenvalue weighted by Gasteiger charge is 2.23. The number of amidine groups is 1. The van der Waals surface area contributed by atoms with Crippen LogP contribution in [0.15, 0.2) is 61.9 Å². The Morgan fingerprint density at radius 1 is 1.08 bits per heavy atom. The van der Waals surface area contributed by atoms with Gasteiger partial charge in [0, 0.05) is 30.1 Å². The molecule has 0 unspecified atom stereocenters. The number of hydrogen-bond donors (Lipinski definition) is 0. The molecule has 0 aliphatic carbocycles. The van der Waals surface area contributed by atoms with E-state index in [-0.39, 0.29) is 0 Å². The summed E-state index contributed by atoms with van der Waals surface area (Å²) < 4.78 is 0. The van der Waals surface area contributed by atoms with Crippen LogP contribution in [0.4, 0.5) is 0 Å². The van der Waals surface area contributed by atoms with Crippen LogP contribution in [0.5, 0.6) is 0 Å². The molecule has 0 radical (unpaired) electrons. The van der Waals surface area contributed by atoms with Gasteiger partial charge in [-0.25, -0.2) is 0 Å². The molecular formula is C21H28N4. The van der Waals surface area contributed by atoms with Crippen LogP contribution in [0.25, 0.3) is 0 Å². The fraction of sp³-hybridized carbons (Fsp3) is 0.381. The minimum atomic E-state index is 0.712. The van der Waals surface area contributed by atoms with Gasteiger partial charge in [0.1, 0.15) is 5.84 Å². The number of aryl methyl sites for hydroxylation is 1. The quantitative estimate of drug-likeness (QED) is 0.445. The van der Waals surface area contributed by atoms with Crippen molar-refractivity contribution in [1.29, 1.82) is 0 Å². The Labute approximate surface area is 151 Å². The second-order valence-corrected chi connectivity index (χ2v) is 6.62. The molecule has 2 rings (SSSR count). The van der Waals surface area contributed by atoms with Gasteiger partial charge in [0.15, 0.2) is 0 Å². The van der Waals surface area contributed by atoms with E-state index in [1.165, 1.54) is 22.3 Å². The van der Waals surface area contributed by atoms with Crippen LogP contribution in [0, 0.1) is 6.92 Å². The topological polar surface area (TPSA) is 40.3 Å². The lowest BCUT2D eigenvalue weighted by Crippen LogP contribution is -2.30. The Bertz CT molecular complexity index is 773. The van der Waals surface area contributed by atoms with Crippen LogP contribution in [-0.4, -0.2) is 36.3 Å². The van der Waals surface area contributed by atoms with Crippen LogP contribution < -0.4 is 0 Å². The van der Waals surface area contributed by atoms with Gasteiger partial charge in [-0.05, 0) is 47.1 Å². The zero-order chi connectivity index (χ0) is 18.6. The molecule has 4 heteroatoms. The van der Waals surface area contributed by atoms with Crippen LogP contribution in [-0.2, 0) is 0 Å². The minimum Gasteiger partial charge on any atom is -0.330 e. The fourth-order valence-corrected chi connectivity index (χ4v) is 3.02. The van der Waals surface area contributed by atoms with E-state index in [9.17, 15) is 0 Å². The van der Waals surface area contributed by atoms with Gasteiger partial charge >= 0.3 is 0 Å². The van der Waals surface area contributed by atoms with Crippen LogP contribution in [0.3, 0.4) is 0 Å². The smallest absolute Gasteiger partial charge is 0.128 e. The molecule has 0 saturated heterocycles. The van der Waals surface area contributed by atoms with E-state index in [1.54, 1.807) is 0 Å². The third-order valence-corrected chi connectivity index (χ3v) is 4.65. The maximum absolute atomic E-state index is 4.93. The summed E-state index contributed by atoms with van der Waals surface area (Å²) in [5, 5.41) is 7.84. The summed E-state index contributed by atoms with van der Waals surface area (Å²) in [7, 11) is 0. The Balaban J connectivity index is 2.68. The zero-order valence-corrected chi connectivity index (χ0v) is 16.2. The Hall–Kier alpha value is -2.49. The molecule has 132 valence electrons. The summed E-state index contributed by atoms with van der Waals surface area (Å²) in [6.45, 7) is 17.6. The molecule has 0 N–H and O–H groups in total. The summed E-state index contributed by atoms with van der Waals surface area (Å²) in [6.07, 6.45) is 0. The Morgan fingerprint density at radius 2 is 1.72 bits per heavy atom. The van der Waals surface area contributed by atoms with Crippen molar-refractivity contribution in [2.45, 2.75) is 41.5 Å². The molecule has 0 aromatic heterocycles. The van der Waals surface area contributed by atoms with Crippen molar-refractivity contribution in [2.75, 3.05) is 13.1 Å². The highest BCUT2D eigenvalue weighted by atomic mass is 15.3. The number of rotatable bonds is 3. The Morgan fingerprint density at radius 3 is 2.28 bits per heavy atom. The predicted molar refractivity (Wildman–Crippen MR) is 109 cm³/mol. The van der Waals surface area contributed by atoms with E-state index in [4.69, 9.17) is 4.99 Å². The molecule has 1 aromatic carbocycles. The largest absolute Gasteiger partial charge is 0.330 e. The number of benzene rings is 1. The molecule has 1 aromatic rings. The average molecular weight is 336 g/mol. The van der Waals surface area contributed by atoms with Crippen molar-refractivity contribution in [2.24, 2.45) is 15.2 Å². The lowest BCUT2D eigenvalue weighted by Gasteiger charge is -2.25. The van der Waals surface area contributed by atoms with Gasteiger partial charge in [0.25, 0.3) is 0 Å². The summed E-state index contributed by atoms with van der Waals surface area (Å²) in [6, 6.07) is 8.59. The molecule has 0 atom stereocenters. The van der Waals surface area contributed by atoms with Gasteiger partial charge in [-0.2, -0.15) is 5.10 Å². The molecule has 0 saturated carbocycles. The van der Waals surface area contributed by atoms with Crippen molar-refractivity contribution in [3.8, 4) is 0 Å². The molecule has 0 spiro atoms. The maximum atomic E-state index is 4.93. The predicted octanol–water partition coefficient (Wildman–Crippen LogP) is 4.76. The van der Waals surface area contributed by atoms with Gasteiger partial charge in [0.05, 0.1) is 12.3 Å². The first-order valence-electron chi connectivity index (χ1n) is 8.61. The van der Waals surface area contributed by atoms with E-state index in [1.807, 2.05) is 6.92 Å². The fourth-order valence-electron chi connectivity index (χ4n) is 3.02. The van der Waals surface area contributed by atoms with Gasteiger partial charge < -0.3 is 4.90 Å². The van der Waals surface area contributed by atoms with E-state index in [2.05, 4.69) is 80.7 Å². The van der Waals surface area contributed by atoms with Gasteiger partial charge in [0.2, 0.25) is 0 Å². The summed E-state index contributed by atoms with van der Waals surface area (Å²) in [5.74, 6) is 0.840. The van der Waals surface area contributed by atoms with Crippen molar-refractivity contribution in [1.82, 2.24) is 4.90 Å². The molecule has 1 aliphatic rings. The molecule has 0 fully saturated rings. The normalized spacial score (nSPS) is 15.7. The first kappa shape index (κ1) is 18.8. The Kier molecular flexibility index (Phi) is 6.07. The van der Waals surface area contributed by atoms with Crippen molar-refractivity contribution < 1.29 is 0 Å². The zero-order valence-electron chi connectivity index (χ0n) is 16.2. The van der Waals surface area contributed by atoms with Crippen molar-refractivity contribution >= 4 is 18.3 Å². The highest BCUT2D eigenvalue weighted by Crippen LogP contribution is 2.27. The lowest BCUT2D eigenvalue weighted by molar-refractivity contribution is 0.521. The van der Waals surface area contributed by atoms with E-state index < -0.39 is 0 Å². The monoisotopic (exact) mass is 336 g/mol. The number of aliphatic imine (C=N–C) groups is 1. The first-order chi connectivity index (χ1) is 11.9. The van der Waals surface area contributed by atoms with Crippen LogP contribution in [0.1, 0.15) is 45.7 Å². The molecule has 4 nitrogen and oxygen atoms in total. The maximum Gasteiger partial charge on any atom is 0.128 e. The number of hydrogen-bond acceptors (Lipinski definition) is 3. The molecule has 0 amide bonds. The number of nitrogens with zero attached hydrogens (tertiary/aromatic N) is 4. The highest BCUT2D eigenvalue weighted by molar-refractivity contribution is 6.16. The molecule has 25 heavy (non-hydrogen) atoms. The van der Waals surface area contributed by atoms with Gasteiger partial charge in [-0.15, -0.1) is 5.10 Å². The van der Waals surface area contributed by atoms with Crippen LogP contribution in [0.2, 0.25) is 0 Å². The lowest BCUT2D eigenvalue weighted by atomic mass is 9.92. The van der Waals surface area contributed by atoms with E-state index >= 15 is 0 Å². The van der Waals surface area contributed by atoms with Crippen LogP contribution >= 0.6 is 0 Å². The van der Waals surface area contributed by atoms with E-state index in [0.29, 0.717) is 6.54 Å². The third kappa shape index (κ3) is 4.13. The molecule has 0 bridgehead atoms.